The van der Waals surface area contributed by atoms with E-state index in [9.17, 15) is 19.7 Å². The summed E-state index contributed by atoms with van der Waals surface area (Å²) in [5.74, 6) is -0.209. The van der Waals surface area contributed by atoms with E-state index in [-0.39, 0.29) is 17.3 Å². The van der Waals surface area contributed by atoms with Crippen LogP contribution in [0.5, 0.6) is 5.75 Å². The van der Waals surface area contributed by atoms with Gasteiger partial charge in [0.1, 0.15) is 17.5 Å². The summed E-state index contributed by atoms with van der Waals surface area (Å²) in [6.45, 7) is 2.99. The highest BCUT2D eigenvalue weighted by molar-refractivity contribution is 5.98. The fourth-order valence-corrected chi connectivity index (χ4v) is 2.38. The SMILES string of the molecule is COc1ccc(NC(C)=O)cc1N[C@H](C)C(=O)Nc1ccccc1[N+](=O)[O-]. The lowest BCUT2D eigenvalue weighted by atomic mass is 10.2. The van der Waals surface area contributed by atoms with E-state index >= 15 is 0 Å². The third-order valence-corrected chi connectivity index (χ3v) is 3.64. The first kappa shape index (κ1) is 19.7. The van der Waals surface area contributed by atoms with Gasteiger partial charge in [-0.15, -0.1) is 0 Å². The van der Waals surface area contributed by atoms with E-state index in [1.807, 2.05) is 0 Å². The summed E-state index contributed by atoms with van der Waals surface area (Å²) in [5, 5.41) is 19.2. The number of amides is 2. The van der Waals surface area contributed by atoms with Gasteiger partial charge in [-0.2, -0.15) is 0 Å². The van der Waals surface area contributed by atoms with Crippen LogP contribution in [0.25, 0.3) is 0 Å². The second-order valence-corrected chi connectivity index (χ2v) is 5.73. The van der Waals surface area contributed by atoms with Gasteiger partial charge in [-0.3, -0.25) is 19.7 Å². The van der Waals surface area contributed by atoms with Gasteiger partial charge in [0, 0.05) is 18.7 Å². The molecule has 0 aliphatic carbocycles. The highest BCUT2D eigenvalue weighted by Crippen LogP contribution is 2.29. The Labute approximate surface area is 155 Å². The Morgan fingerprint density at radius 1 is 1.11 bits per heavy atom. The van der Waals surface area contributed by atoms with Gasteiger partial charge in [0.2, 0.25) is 11.8 Å². The van der Waals surface area contributed by atoms with Crippen LogP contribution >= 0.6 is 0 Å². The van der Waals surface area contributed by atoms with E-state index in [0.717, 1.165) is 0 Å². The monoisotopic (exact) mass is 372 g/mol. The molecule has 9 heteroatoms. The van der Waals surface area contributed by atoms with E-state index < -0.39 is 16.9 Å². The third kappa shape index (κ3) is 5.18. The number of methoxy groups -OCH3 is 1. The highest BCUT2D eigenvalue weighted by Gasteiger charge is 2.19. The smallest absolute Gasteiger partial charge is 0.292 e. The molecule has 0 unspecified atom stereocenters. The zero-order valence-corrected chi connectivity index (χ0v) is 15.1. The van der Waals surface area contributed by atoms with Crippen molar-refractivity contribution < 1.29 is 19.2 Å². The minimum Gasteiger partial charge on any atom is -0.495 e. The third-order valence-electron chi connectivity index (χ3n) is 3.64. The fraction of sp³-hybridized carbons (Fsp3) is 0.222. The number of nitro groups is 1. The predicted octanol–water partition coefficient (Wildman–Crippen LogP) is 3.00. The minimum atomic E-state index is -0.730. The molecule has 0 heterocycles. The van der Waals surface area contributed by atoms with E-state index in [4.69, 9.17) is 4.74 Å². The molecule has 9 nitrogen and oxygen atoms in total. The van der Waals surface area contributed by atoms with Crippen LogP contribution in [0.4, 0.5) is 22.7 Å². The number of nitrogens with zero attached hydrogens (tertiary/aromatic N) is 1. The molecule has 0 radical (unpaired) electrons. The molecule has 0 spiro atoms. The van der Waals surface area contributed by atoms with Crippen LogP contribution in [0.1, 0.15) is 13.8 Å². The number of anilines is 3. The normalized spacial score (nSPS) is 11.2. The van der Waals surface area contributed by atoms with Crippen LogP contribution in [0.15, 0.2) is 42.5 Å². The van der Waals surface area contributed by atoms with E-state index in [0.29, 0.717) is 17.1 Å². The molecule has 0 aromatic heterocycles. The summed E-state index contributed by atoms with van der Waals surface area (Å²) in [5.41, 5.74) is 0.953. The maximum atomic E-state index is 12.4. The molecular formula is C18H20N4O5. The van der Waals surface area contributed by atoms with Gasteiger partial charge in [-0.05, 0) is 31.2 Å². The lowest BCUT2D eigenvalue weighted by Gasteiger charge is -2.18. The number of ether oxygens (including phenoxy) is 1. The fourth-order valence-electron chi connectivity index (χ4n) is 2.38. The van der Waals surface area contributed by atoms with Crippen molar-refractivity contribution in [2.24, 2.45) is 0 Å². The molecule has 2 aromatic carbocycles. The van der Waals surface area contributed by atoms with Gasteiger partial charge in [0.15, 0.2) is 0 Å². The topological polar surface area (TPSA) is 123 Å². The Hall–Kier alpha value is -3.62. The van der Waals surface area contributed by atoms with Crippen molar-refractivity contribution in [3.63, 3.8) is 0 Å². The van der Waals surface area contributed by atoms with Gasteiger partial charge in [-0.25, -0.2) is 0 Å². The summed E-state index contributed by atoms with van der Waals surface area (Å²) in [6, 6.07) is 10.1. The Morgan fingerprint density at radius 3 is 2.44 bits per heavy atom. The van der Waals surface area contributed by atoms with Crippen LogP contribution in [0.2, 0.25) is 0 Å². The number of rotatable bonds is 7. The van der Waals surface area contributed by atoms with Gasteiger partial charge < -0.3 is 20.7 Å². The summed E-state index contributed by atoms with van der Waals surface area (Å²) in [7, 11) is 1.48. The second kappa shape index (κ2) is 8.65. The average molecular weight is 372 g/mol. The van der Waals surface area contributed by atoms with Crippen molar-refractivity contribution >= 4 is 34.6 Å². The lowest BCUT2D eigenvalue weighted by molar-refractivity contribution is -0.383. The van der Waals surface area contributed by atoms with Crippen molar-refractivity contribution in [3.05, 3.63) is 52.6 Å². The Balaban J connectivity index is 2.16. The number of para-hydroxylation sites is 2. The van der Waals surface area contributed by atoms with Crippen molar-refractivity contribution in [2.75, 3.05) is 23.1 Å². The zero-order valence-electron chi connectivity index (χ0n) is 15.1. The quantitative estimate of drug-likeness (QED) is 0.507. The van der Waals surface area contributed by atoms with Crippen molar-refractivity contribution in [2.45, 2.75) is 19.9 Å². The maximum absolute atomic E-state index is 12.4. The molecule has 2 aromatic rings. The number of hydrogen-bond acceptors (Lipinski definition) is 6. The average Bonchev–Trinajstić information content (AvgIpc) is 2.61. The summed E-state index contributed by atoms with van der Waals surface area (Å²) in [6.07, 6.45) is 0. The molecule has 0 fully saturated rings. The molecule has 0 saturated carbocycles. The molecular weight excluding hydrogens is 352 g/mol. The first-order valence-electron chi connectivity index (χ1n) is 8.08. The Morgan fingerprint density at radius 2 is 1.81 bits per heavy atom. The maximum Gasteiger partial charge on any atom is 0.292 e. The summed E-state index contributed by atoms with van der Waals surface area (Å²) < 4.78 is 5.26. The van der Waals surface area contributed by atoms with Crippen LogP contribution in [-0.4, -0.2) is 29.9 Å². The number of benzene rings is 2. The van der Waals surface area contributed by atoms with Crippen molar-refractivity contribution in [1.29, 1.82) is 0 Å². The number of hydrogen-bond donors (Lipinski definition) is 3. The van der Waals surface area contributed by atoms with Crippen LogP contribution in [-0.2, 0) is 9.59 Å². The Kier molecular flexibility index (Phi) is 6.32. The van der Waals surface area contributed by atoms with Gasteiger partial charge in [0.05, 0.1) is 17.7 Å². The molecule has 0 bridgehead atoms. The summed E-state index contributed by atoms with van der Waals surface area (Å²) in [4.78, 5) is 34.2. The molecule has 0 aliphatic heterocycles. The van der Waals surface area contributed by atoms with E-state index in [1.165, 1.54) is 32.2 Å². The van der Waals surface area contributed by atoms with Gasteiger partial charge in [0.25, 0.3) is 5.69 Å². The molecule has 2 amide bonds. The highest BCUT2D eigenvalue weighted by atomic mass is 16.6. The van der Waals surface area contributed by atoms with Gasteiger partial charge >= 0.3 is 0 Å². The molecule has 27 heavy (non-hydrogen) atoms. The standard InChI is InChI=1S/C18H20N4O5/c1-11(18(24)21-14-6-4-5-7-16(14)22(25)26)19-15-10-13(20-12(2)23)8-9-17(15)27-3/h4-11,19H,1-3H3,(H,20,23)(H,21,24)/t11-/m1/s1. The molecule has 0 aliphatic rings. The van der Waals surface area contributed by atoms with Crippen molar-refractivity contribution in [1.82, 2.24) is 0 Å². The molecule has 3 N–H and O–H groups in total. The first-order chi connectivity index (χ1) is 12.8. The number of carbonyl (C=O) groups is 2. The zero-order chi connectivity index (χ0) is 20.0. The Bertz CT molecular complexity index is 869. The number of nitrogens with one attached hydrogen (secondary N) is 3. The summed E-state index contributed by atoms with van der Waals surface area (Å²) >= 11 is 0. The van der Waals surface area contributed by atoms with Crippen LogP contribution in [0, 0.1) is 10.1 Å². The van der Waals surface area contributed by atoms with Gasteiger partial charge in [-0.1, -0.05) is 12.1 Å². The van der Waals surface area contributed by atoms with E-state index in [2.05, 4.69) is 16.0 Å². The molecule has 1 atom stereocenters. The van der Waals surface area contributed by atoms with Crippen molar-refractivity contribution in [3.8, 4) is 5.75 Å². The minimum absolute atomic E-state index is 0.111. The largest absolute Gasteiger partial charge is 0.495 e. The predicted molar refractivity (Wildman–Crippen MR) is 102 cm³/mol. The van der Waals surface area contributed by atoms with Crippen LogP contribution < -0.4 is 20.7 Å². The second-order valence-electron chi connectivity index (χ2n) is 5.73. The number of carbonyl (C=O) groups excluding carboxylic acids is 2. The lowest BCUT2D eigenvalue weighted by Crippen LogP contribution is -2.32. The molecule has 142 valence electrons. The number of nitro benzene ring substituents is 1. The van der Waals surface area contributed by atoms with E-state index in [1.54, 1.807) is 31.2 Å². The molecule has 2 rings (SSSR count). The molecule has 0 saturated heterocycles. The first-order valence-corrected chi connectivity index (χ1v) is 8.08. The van der Waals surface area contributed by atoms with Crippen LogP contribution in [0.3, 0.4) is 0 Å².